The third kappa shape index (κ3) is 4.02. The van der Waals surface area contributed by atoms with Gasteiger partial charge in [0.15, 0.2) is 0 Å². The lowest BCUT2D eigenvalue weighted by atomic mass is 9.57. The van der Waals surface area contributed by atoms with Crippen LogP contribution in [0.5, 0.6) is 5.75 Å². The van der Waals surface area contributed by atoms with Gasteiger partial charge in [0.2, 0.25) is 23.6 Å². The Balaban J connectivity index is 1.35. The topological polar surface area (TPSA) is 95.0 Å². The maximum atomic E-state index is 14.1. The number of rotatable bonds is 3. The van der Waals surface area contributed by atoms with Crippen molar-refractivity contribution in [2.75, 3.05) is 9.80 Å². The summed E-state index contributed by atoms with van der Waals surface area (Å²) in [6.45, 7) is 0. The number of carbonyl (C=O) groups is 4. The van der Waals surface area contributed by atoms with Crippen LogP contribution in [0.1, 0.15) is 24.3 Å². The Bertz CT molecular complexity index is 1700. The van der Waals surface area contributed by atoms with E-state index in [1.165, 1.54) is 15.9 Å². The zero-order valence-corrected chi connectivity index (χ0v) is 24.2. The van der Waals surface area contributed by atoms with Crippen LogP contribution >= 0.6 is 34.8 Å². The van der Waals surface area contributed by atoms with Gasteiger partial charge in [-0.1, -0.05) is 46.5 Å². The van der Waals surface area contributed by atoms with Crippen molar-refractivity contribution >= 4 is 69.8 Å². The highest BCUT2D eigenvalue weighted by Crippen LogP contribution is 2.59. The van der Waals surface area contributed by atoms with Crippen molar-refractivity contribution in [3.8, 4) is 5.75 Å². The van der Waals surface area contributed by atoms with Gasteiger partial charge in [0, 0.05) is 26.5 Å². The van der Waals surface area contributed by atoms with Gasteiger partial charge in [-0.2, -0.15) is 0 Å². The van der Waals surface area contributed by atoms with Gasteiger partial charge < -0.3 is 5.11 Å². The van der Waals surface area contributed by atoms with Gasteiger partial charge in [0.25, 0.3) is 0 Å². The monoisotopic (exact) mass is 620 g/mol. The number of aromatic hydroxyl groups is 1. The van der Waals surface area contributed by atoms with E-state index in [-0.39, 0.29) is 29.9 Å². The van der Waals surface area contributed by atoms with Gasteiger partial charge >= 0.3 is 0 Å². The number of imide groups is 2. The van der Waals surface area contributed by atoms with Crippen molar-refractivity contribution in [2.24, 2.45) is 29.6 Å². The van der Waals surface area contributed by atoms with E-state index in [2.05, 4.69) is 0 Å². The number of nitrogens with zero attached hydrogens (tertiary/aromatic N) is 2. The number of benzene rings is 3. The fraction of sp³-hybridized carbons (Fsp3) is 0.250. The third-order valence-corrected chi connectivity index (χ3v) is 9.88. The molecule has 3 fully saturated rings. The minimum absolute atomic E-state index is 0.0615. The molecule has 1 N–H and O–H groups in total. The molecular formula is C32H23Cl3N2O5. The summed E-state index contributed by atoms with van der Waals surface area (Å²) in [6.07, 6.45) is 2.44. The number of allylic oxidation sites excluding steroid dienone is 2. The quantitative estimate of drug-likeness (QED) is 0.270. The molecule has 3 aromatic carbocycles. The first-order valence-electron chi connectivity index (χ1n) is 13.6. The second-order valence-electron chi connectivity index (χ2n) is 11.2. The molecule has 4 amide bonds. The Labute approximate surface area is 256 Å². The van der Waals surface area contributed by atoms with Crippen molar-refractivity contribution in [2.45, 2.75) is 18.8 Å². The van der Waals surface area contributed by atoms with Crippen LogP contribution in [0.3, 0.4) is 0 Å². The van der Waals surface area contributed by atoms with E-state index in [9.17, 15) is 24.3 Å². The first kappa shape index (κ1) is 27.2. The number of amides is 4. The molecule has 7 rings (SSSR count). The molecule has 0 unspecified atom stereocenters. The van der Waals surface area contributed by atoms with E-state index >= 15 is 0 Å². The van der Waals surface area contributed by atoms with E-state index in [1.807, 2.05) is 6.08 Å². The number of carbonyl (C=O) groups excluding carboxylic acids is 4. The molecule has 0 aromatic heterocycles. The first-order valence-corrected chi connectivity index (χ1v) is 14.7. The molecule has 4 aliphatic rings. The molecule has 0 radical (unpaired) electrons. The predicted molar refractivity (Wildman–Crippen MR) is 159 cm³/mol. The summed E-state index contributed by atoms with van der Waals surface area (Å²) in [5.41, 5.74) is 2.02. The minimum Gasteiger partial charge on any atom is -0.508 e. The average molecular weight is 622 g/mol. The van der Waals surface area contributed by atoms with E-state index < -0.39 is 41.4 Å². The highest BCUT2D eigenvalue weighted by Gasteiger charge is 2.62. The van der Waals surface area contributed by atoms with Gasteiger partial charge in [-0.3, -0.25) is 29.0 Å². The average Bonchev–Trinajstić information content (AvgIpc) is 3.38. The lowest BCUT2D eigenvalue weighted by Gasteiger charge is -2.44. The highest BCUT2D eigenvalue weighted by molar-refractivity contribution is 6.31. The number of phenolic OH excluding ortho intramolecular Hbond substituents is 1. The summed E-state index contributed by atoms with van der Waals surface area (Å²) >= 11 is 18.5. The SMILES string of the molecule is O=C1[C@H]2[C@H](CC=C3[C@H]2C[C@H]2C(=O)N(c4ccc(Cl)cc4)C(=O)[C@H]2[C@H]3c2cc(Cl)ccc2O)C(=O)N1c1ccc(Cl)cc1. The number of hydrogen-bond donors (Lipinski definition) is 1. The van der Waals surface area contributed by atoms with Crippen molar-refractivity contribution in [1.82, 2.24) is 0 Å². The second-order valence-corrected chi connectivity index (χ2v) is 12.5. The summed E-state index contributed by atoms with van der Waals surface area (Å²) in [6, 6.07) is 17.6. The predicted octanol–water partition coefficient (Wildman–Crippen LogP) is 6.40. The van der Waals surface area contributed by atoms with Crippen LogP contribution in [-0.4, -0.2) is 28.7 Å². The van der Waals surface area contributed by atoms with Crippen molar-refractivity contribution < 1.29 is 24.3 Å². The molecule has 2 saturated heterocycles. The van der Waals surface area contributed by atoms with Crippen molar-refractivity contribution in [3.05, 3.63) is 99.0 Å². The first-order chi connectivity index (χ1) is 20.2. The van der Waals surface area contributed by atoms with Crippen LogP contribution < -0.4 is 9.80 Å². The van der Waals surface area contributed by atoms with Crippen LogP contribution in [0.2, 0.25) is 15.1 Å². The standard InChI is InChI=1S/C32H23Cl3N2O5/c33-15-1-6-18(7-2-15)36-29(39)21-11-10-20-22(27(21)31(36)41)14-24-28(26(20)23-13-17(35)5-12-25(23)38)32(42)37(30(24)40)19-8-3-16(34)4-9-19/h1-10,12-13,21-22,24,26-28,38H,11,14H2/t21-,22+,24+,26+,27-,28+/m0/s1. The van der Waals surface area contributed by atoms with Gasteiger partial charge in [0.05, 0.1) is 35.0 Å². The number of halogens is 3. The fourth-order valence-electron chi connectivity index (χ4n) is 7.40. The van der Waals surface area contributed by atoms with Gasteiger partial charge in [0.1, 0.15) is 5.75 Å². The molecule has 6 atom stereocenters. The Morgan fingerprint density at radius 1 is 0.619 bits per heavy atom. The van der Waals surface area contributed by atoms with Crippen LogP contribution in [0.15, 0.2) is 78.4 Å². The number of fused-ring (bicyclic) bond motifs is 4. The molecule has 2 heterocycles. The maximum Gasteiger partial charge on any atom is 0.238 e. The molecule has 0 bridgehead atoms. The number of phenols is 1. The molecule has 1 saturated carbocycles. The van der Waals surface area contributed by atoms with Crippen LogP contribution in [-0.2, 0) is 19.2 Å². The Hall–Kier alpha value is -3.65. The molecule has 212 valence electrons. The van der Waals surface area contributed by atoms with Crippen LogP contribution in [0.25, 0.3) is 0 Å². The van der Waals surface area contributed by atoms with Gasteiger partial charge in [-0.25, -0.2) is 0 Å². The molecule has 10 heteroatoms. The summed E-state index contributed by atoms with van der Waals surface area (Å²) in [4.78, 5) is 58.1. The maximum absolute atomic E-state index is 14.1. The molecular weight excluding hydrogens is 599 g/mol. The molecule has 3 aromatic rings. The summed E-state index contributed by atoms with van der Waals surface area (Å²) < 4.78 is 0. The Morgan fingerprint density at radius 2 is 1.14 bits per heavy atom. The summed E-state index contributed by atoms with van der Waals surface area (Å²) in [7, 11) is 0. The summed E-state index contributed by atoms with van der Waals surface area (Å²) in [5.74, 6) is -5.61. The van der Waals surface area contributed by atoms with E-state index in [0.29, 0.717) is 38.4 Å². The largest absolute Gasteiger partial charge is 0.508 e. The third-order valence-electron chi connectivity index (χ3n) is 9.14. The lowest BCUT2D eigenvalue weighted by molar-refractivity contribution is -0.126. The van der Waals surface area contributed by atoms with E-state index in [4.69, 9.17) is 34.8 Å². The van der Waals surface area contributed by atoms with Gasteiger partial charge in [-0.15, -0.1) is 0 Å². The molecule has 2 aliphatic heterocycles. The second kappa shape index (κ2) is 9.97. The molecule has 42 heavy (non-hydrogen) atoms. The summed E-state index contributed by atoms with van der Waals surface area (Å²) in [5, 5.41) is 12.3. The van der Waals surface area contributed by atoms with Gasteiger partial charge in [-0.05, 0) is 85.5 Å². The van der Waals surface area contributed by atoms with Crippen molar-refractivity contribution in [1.29, 1.82) is 0 Å². The van der Waals surface area contributed by atoms with Crippen LogP contribution in [0, 0.1) is 29.6 Å². The van der Waals surface area contributed by atoms with E-state index in [1.54, 1.807) is 60.7 Å². The molecule has 7 nitrogen and oxygen atoms in total. The zero-order valence-electron chi connectivity index (χ0n) is 21.9. The number of hydrogen-bond acceptors (Lipinski definition) is 5. The number of anilines is 2. The fourth-order valence-corrected chi connectivity index (χ4v) is 7.83. The highest BCUT2D eigenvalue weighted by atomic mass is 35.5. The molecule has 2 aliphatic carbocycles. The van der Waals surface area contributed by atoms with Crippen molar-refractivity contribution in [3.63, 3.8) is 0 Å². The Morgan fingerprint density at radius 3 is 1.74 bits per heavy atom. The normalized spacial score (nSPS) is 28.5. The smallest absolute Gasteiger partial charge is 0.238 e. The zero-order chi connectivity index (χ0) is 29.4. The van der Waals surface area contributed by atoms with Crippen LogP contribution in [0.4, 0.5) is 11.4 Å². The minimum atomic E-state index is -0.823. The molecule has 0 spiro atoms. The Kier molecular flexibility index (Phi) is 6.46. The van der Waals surface area contributed by atoms with E-state index in [0.717, 1.165) is 5.57 Å². The lowest BCUT2D eigenvalue weighted by Crippen LogP contribution is -2.43.